The van der Waals surface area contributed by atoms with Gasteiger partial charge in [-0.15, -0.1) is 0 Å². The molecule has 1 fully saturated rings. The summed E-state index contributed by atoms with van der Waals surface area (Å²) in [5.41, 5.74) is 0.294. The number of nitrogens with zero attached hydrogens (tertiary/aromatic N) is 1. The highest BCUT2D eigenvalue weighted by Crippen LogP contribution is 2.29. The van der Waals surface area contributed by atoms with E-state index in [0.717, 1.165) is 0 Å². The van der Waals surface area contributed by atoms with E-state index in [1.165, 1.54) is 36.4 Å². The number of anilines is 3. The summed E-state index contributed by atoms with van der Waals surface area (Å²) in [7, 11) is -3.52. The zero-order valence-electron chi connectivity index (χ0n) is 18.4. The predicted octanol–water partition coefficient (Wildman–Crippen LogP) is 3.98. The Morgan fingerprint density at radius 1 is 1.03 bits per heavy atom. The zero-order chi connectivity index (χ0) is 23.6. The molecule has 2 aromatic rings. The van der Waals surface area contributed by atoms with Crippen molar-refractivity contribution < 1.29 is 26.7 Å². The number of benzene rings is 2. The van der Waals surface area contributed by atoms with Crippen LogP contribution in [0, 0.1) is 11.6 Å². The van der Waals surface area contributed by atoms with Crippen molar-refractivity contribution in [1.29, 1.82) is 0 Å². The van der Waals surface area contributed by atoms with Gasteiger partial charge in [-0.2, -0.15) is 0 Å². The molecule has 1 amide bonds. The molecular formula is C22H27F2N3O4S. The minimum Gasteiger partial charge on any atom is -0.372 e. The van der Waals surface area contributed by atoms with Gasteiger partial charge in [-0.1, -0.05) is 0 Å². The van der Waals surface area contributed by atoms with Crippen molar-refractivity contribution in [3.8, 4) is 0 Å². The van der Waals surface area contributed by atoms with Crippen molar-refractivity contribution in [2.75, 3.05) is 28.0 Å². The fourth-order valence-corrected chi connectivity index (χ4v) is 4.12. The second-order valence-electron chi connectivity index (χ2n) is 8.15. The van der Waals surface area contributed by atoms with Crippen LogP contribution in [-0.4, -0.2) is 44.9 Å². The first-order chi connectivity index (χ1) is 15.0. The van der Waals surface area contributed by atoms with Crippen LogP contribution in [0.4, 0.5) is 25.8 Å². The quantitative estimate of drug-likeness (QED) is 0.671. The lowest BCUT2D eigenvalue weighted by molar-refractivity contribution is -0.00542. The molecule has 3 rings (SSSR count). The first kappa shape index (κ1) is 23.9. The molecule has 1 heterocycles. The number of amides is 1. The molecule has 2 N–H and O–H groups in total. The average molecular weight is 468 g/mol. The highest BCUT2D eigenvalue weighted by Gasteiger charge is 2.26. The molecule has 0 aromatic heterocycles. The van der Waals surface area contributed by atoms with Crippen LogP contribution in [0.1, 0.15) is 38.1 Å². The van der Waals surface area contributed by atoms with Gasteiger partial charge in [-0.3, -0.25) is 9.52 Å². The van der Waals surface area contributed by atoms with Crippen LogP contribution >= 0.6 is 0 Å². The Labute approximate surface area is 186 Å². The van der Waals surface area contributed by atoms with Crippen LogP contribution in [0.25, 0.3) is 0 Å². The minimum absolute atomic E-state index is 0.115. The SMILES string of the molecule is CC(C)S(=O)(=O)Nc1ccc(C(=O)Nc2ccc(N3C[C@@H](C)O[C@@H](C)C3)c(F)c2F)cc1. The summed E-state index contributed by atoms with van der Waals surface area (Å²) in [6, 6.07) is 8.40. The van der Waals surface area contributed by atoms with Gasteiger partial charge in [0.2, 0.25) is 10.0 Å². The molecule has 0 unspecified atom stereocenters. The van der Waals surface area contributed by atoms with E-state index >= 15 is 0 Å². The number of halogens is 2. The number of hydrogen-bond donors (Lipinski definition) is 2. The largest absolute Gasteiger partial charge is 0.372 e. The fourth-order valence-electron chi connectivity index (χ4n) is 3.42. The number of morpholine rings is 1. The molecule has 0 spiro atoms. The molecule has 1 aliphatic rings. The van der Waals surface area contributed by atoms with E-state index < -0.39 is 32.8 Å². The summed E-state index contributed by atoms with van der Waals surface area (Å²) >= 11 is 0. The first-order valence-electron chi connectivity index (χ1n) is 10.3. The maximum absolute atomic E-state index is 14.8. The van der Waals surface area contributed by atoms with Gasteiger partial charge in [0, 0.05) is 24.3 Å². The van der Waals surface area contributed by atoms with E-state index in [2.05, 4.69) is 10.0 Å². The number of sulfonamides is 1. The smallest absolute Gasteiger partial charge is 0.255 e. The van der Waals surface area contributed by atoms with Crippen LogP contribution in [0.2, 0.25) is 0 Å². The van der Waals surface area contributed by atoms with Gasteiger partial charge in [-0.25, -0.2) is 17.2 Å². The van der Waals surface area contributed by atoms with Gasteiger partial charge < -0.3 is 15.0 Å². The van der Waals surface area contributed by atoms with Gasteiger partial charge in [-0.05, 0) is 64.1 Å². The molecule has 0 aliphatic carbocycles. The van der Waals surface area contributed by atoms with E-state index in [-0.39, 0.29) is 29.1 Å². The number of hydrogen-bond acceptors (Lipinski definition) is 5. The van der Waals surface area contributed by atoms with Crippen molar-refractivity contribution >= 4 is 33.0 Å². The van der Waals surface area contributed by atoms with Gasteiger partial charge in [0.1, 0.15) is 0 Å². The standard InChI is InChI=1S/C22H27F2N3O4S/c1-13(2)32(29,30)26-17-7-5-16(6-8-17)22(28)25-18-9-10-19(21(24)20(18)23)27-11-14(3)31-15(4)12-27/h5-10,13-15,26H,11-12H2,1-4H3,(H,25,28)/t14-,15+. The Morgan fingerprint density at radius 2 is 1.62 bits per heavy atom. The second kappa shape index (κ2) is 9.41. The third-order valence-corrected chi connectivity index (χ3v) is 6.86. The lowest BCUT2D eigenvalue weighted by Gasteiger charge is -2.37. The van der Waals surface area contributed by atoms with Gasteiger partial charge in [0.15, 0.2) is 11.6 Å². The molecule has 1 aliphatic heterocycles. The van der Waals surface area contributed by atoms with Gasteiger partial charge >= 0.3 is 0 Å². The molecule has 32 heavy (non-hydrogen) atoms. The van der Waals surface area contributed by atoms with Crippen LogP contribution in [-0.2, 0) is 14.8 Å². The molecule has 7 nitrogen and oxygen atoms in total. The monoisotopic (exact) mass is 467 g/mol. The predicted molar refractivity (Wildman–Crippen MR) is 121 cm³/mol. The van der Waals surface area contributed by atoms with E-state index in [4.69, 9.17) is 4.74 Å². The number of ether oxygens (including phenoxy) is 1. The molecular weight excluding hydrogens is 440 g/mol. The molecule has 174 valence electrons. The van der Waals surface area contributed by atoms with Crippen LogP contribution < -0.4 is 14.9 Å². The number of rotatable bonds is 6. The second-order valence-corrected chi connectivity index (χ2v) is 10.4. The van der Waals surface area contributed by atoms with E-state index in [1.807, 2.05) is 13.8 Å². The minimum atomic E-state index is -3.52. The van der Waals surface area contributed by atoms with Crippen molar-refractivity contribution in [3.63, 3.8) is 0 Å². The van der Waals surface area contributed by atoms with Crippen molar-refractivity contribution in [2.24, 2.45) is 0 Å². The summed E-state index contributed by atoms with van der Waals surface area (Å²) in [5.74, 6) is -2.84. The number of carbonyl (C=O) groups excluding carboxylic acids is 1. The molecule has 2 aromatic carbocycles. The Bertz CT molecular complexity index is 1080. The van der Waals surface area contributed by atoms with E-state index in [9.17, 15) is 22.0 Å². The topological polar surface area (TPSA) is 87.7 Å². The van der Waals surface area contributed by atoms with Crippen LogP contribution in [0.3, 0.4) is 0 Å². The van der Waals surface area contributed by atoms with E-state index in [1.54, 1.807) is 18.7 Å². The lowest BCUT2D eigenvalue weighted by atomic mass is 10.1. The van der Waals surface area contributed by atoms with Gasteiger partial charge in [0.05, 0.1) is 28.8 Å². The third-order valence-electron chi connectivity index (χ3n) is 5.10. The van der Waals surface area contributed by atoms with Crippen molar-refractivity contribution in [3.05, 3.63) is 53.6 Å². The van der Waals surface area contributed by atoms with E-state index in [0.29, 0.717) is 18.8 Å². The number of nitrogens with one attached hydrogen (secondary N) is 2. The first-order valence-corrected chi connectivity index (χ1v) is 11.8. The highest BCUT2D eigenvalue weighted by molar-refractivity contribution is 7.93. The fraction of sp³-hybridized carbons (Fsp3) is 0.409. The van der Waals surface area contributed by atoms with Gasteiger partial charge in [0.25, 0.3) is 5.91 Å². The maximum Gasteiger partial charge on any atom is 0.255 e. The van der Waals surface area contributed by atoms with Crippen molar-refractivity contribution in [1.82, 2.24) is 0 Å². The summed E-state index contributed by atoms with van der Waals surface area (Å²) in [4.78, 5) is 14.2. The summed E-state index contributed by atoms with van der Waals surface area (Å²) < 4.78 is 61.3. The molecule has 2 atom stereocenters. The zero-order valence-corrected chi connectivity index (χ0v) is 19.2. The Kier molecular flexibility index (Phi) is 7.04. The van der Waals surface area contributed by atoms with Crippen LogP contribution in [0.15, 0.2) is 36.4 Å². The molecule has 0 saturated carbocycles. The Hall–Kier alpha value is -2.72. The van der Waals surface area contributed by atoms with Crippen LogP contribution in [0.5, 0.6) is 0 Å². The molecule has 1 saturated heterocycles. The molecule has 0 radical (unpaired) electrons. The summed E-state index contributed by atoms with van der Waals surface area (Å²) in [5, 5.41) is 1.75. The number of carbonyl (C=O) groups is 1. The summed E-state index contributed by atoms with van der Waals surface area (Å²) in [6.45, 7) is 7.68. The normalized spacial score (nSPS) is 19.2. The maximum atomic E-state index is 14.8. The third kappa shape index (κ3) is 5.36. The lowest BCUT2D eigenvalue weighted by Crippen LogP contribution is -2.45. The Balaban J connectivity index is 1.73. The summed E-state index contributed by atoms with van der Waals surface area (Å²) in [6.07, 6.45) is -0.234. The molecule has 10 heteroatoms. The average Bonchev–Trinajstić information content (AvgIpc) is 2.71. The molecule has 0 bridgehead atoms. The Morgan fingerprint density at radius 3 is 2.19 bits per heavy atom. The van der Waals surface area contributed by atoms with Crippen molar-refractivity contribution in [2.45, 2.75) is 45.2 Å². The highest BCUT2D eigenvalue weighted by atomic mass is 32.2.